The van der Waals surface area contributed by atoms with E-state index >= 15 is 0 Å². The van der Waals surface area contributed by atoms with Crippen molar-refractivity contribution in [3.8, 4) is 0 Å². The van der Waals surface area contributed by atoms with Gasteiger partial charge in [0.25, 0.3) is 0 Å². The fourth-order valence-corrected chi connectivity index (χ4v) is 7.93. The fraction of sp³-hybridized carbons (Fsp3) is 0.656. The van der Waals surface area contributed by atoms with Gasteiger partial charge in [0.05, 0.1) is 5.52 Å². The molecule has 1 aromatic carbocycles. The standard InChI is InChI=1S/C32H43FN4O4/c1-32(2)37-25-11-6-20(16-23(25)18-27(37)31(40)41-32)17-28(38)29-26(35-13-4-3-5-14-35)12-15-36(29)30(39)22-9-7-21(8-10-22)24(34)19-33/h6,11,16,18,21-22,24,26,29H,3-5,7-10,12-15,17,19,34H2,1-2H3/t21?,22?,24-,26-,29+/m1/s1. The number of alkyl halides is 1. The van der Waals surface area contributed by atoms with Crippen molar-refractivity contribution in [1.29, 1.82) is 0 Å². The summed E-state index contributed by atoms with van der Waals surface area (Å²) in [6, 6.07) is 6.88. The number of hydrogen-bond donors (Lipinski definition) is 1. The monoisotopic (exact) mass is 566 g/mol. The zero-order valence-electron chi connectivity index (χ0n) is 24.3. The average molecular weight is 567 g/mol. The second kappa shape index (κ2) is 11.1. The number of fused-ring (bicyclic) bond motifs is 3. The van der Waals surface area contributed by atoms with Crippen LogP contribution in [0.25, 0.3) is 10.9 Å². The minimum Gasteiger partial charge on any atom is -0.434 e. The lowest BCUT2D eigenvalue weighted by Crippen LogP contribution is -2.54. The van der Waals surface area contributed by atoms with E-state index in [-0.39, 0.29) is 42.0 Å². The first-order valence-electron chi connectivity index (χ1n) is 15.4. The number of nitrogens with two attached hydrogens (primary N) is 1. The van der Waals surface area contributed by atoms with Crippen LogP contribution in [0.1, 0.15) is 81.3 Å². The fourth-order valence-electron chi connectivity index (χ4n) is 7.93. The van der Waals surface area contributed by atoms with Gasteiger partial charge in [-0.3, -0.25) is 19.1 Å². The Morgan fingerprint density at radius 3 is 2.49 bits per heavy atom. The summed E-state index contributed by atoms with van der Waals surface area (Å²) in [6.07, 6.45) is 7.44. The number of nitrogens with zero attached hydrogens (tertiary/aromatic N) is 3. The van der Waals surface area contributed by atoms with Gasteiger partial charge in [0.2, 0.25) is 5.91 Å². The molecule has 4 aliphatic rings. The minimum absolute atomic E-state index is 0.0423. The van der Waals surface area contributed by atoms with E-state index in [9.17, 15) is 18.8 Å². The van der Waals surface area contributed by atoms with E-state index < -0.39 is 24.5 Å². The van der Waals surface area contributed by atoms with Gasteiger partial charge in [-0.05, 0) is 102 Å². The van der Waals surface area contributed by atoms with E-state index in [1.54, 1.807) is 0 Å². The summed E-state index contributed by atoms with van der Waals surface area (Å²) in [5.41, 5.74) is 7.51. The molecule has 1 saturated carbocycles. The number of esters is 1. The van der Waals surface area contributed by atoms with Crippen LogP contribution >= 0.6 is 0 Å². The van der Waals surface area contributed by atoms with Crippen LogP contribution in [0.3, 0.4) is 0 Å². The number of benzene rings is 1. The highest BCUT2D eigenvalue weighted by Crippen LogP contribution is 2.37. The Balaban J connectivity index is 1.22. The molecular weight excluding hydrogens is 523 g/mol. The molecule has 1 aromatic heterocycles. The predicted molar refractivity (Wildman–Crippen MR) is 154 cm³/mol. The summed E-state index contributed by atoms with van der Waals surface area (Å²) in [4.78, 5) is 44.7. The van der Waals surface area contributed by atoms with Gasteiger partial charge in [-0.1, -0.05) is 12.5 Å². The molecule has 3 aliphatic heterocycles. The Hall–Kier alpha value is -2.78. The molecule has 8 nitrogen and oxygen atoms in total. The lowest BCUT2D eigenvalue weighted by molar-refractivity contribution is -0.143. The van der Waals surface area contributed by atoms with Gasteiger partial charge in [-0.25, -0.2) is 9.18 Å². The van der Waals surface area contributed by atoms with Crippen LogP contribution in [0.15, 0.2) is 24.3 Å². The number of hydrogen-bond acceptors (Lipinski definition) is 6. The predicted octanol–water partition coefficient (Wildman–Crippen LogP) is 4.17. The molecule has 3 fully saturated rings. The first kappa shape index (κ1) is 28.3. The molecule has 1 amide bonds. The normalized spacial score (nSPS) is 29.0. The van der Waals surface area contributed by atoms with Crippen LogP contribution < -0.4 is 5.73 Å². The Morgan fingerprint density at radius 2 is 1.78 bits per heavy atom. The Bertz CT molecular complexity index is 1320. The summed E-state index contributed by atoms with van der Waals surface area (Å²) < 4.78 is 20.6. The van der Waals surface area contributed by atoms with Gasteiger partial charge in [-0.2, -0.15) is 0 Å². The van der Waals surface area contributed by atoms with Gasteiger partial charge in [0.1, 0.15) is 18.4 Å². The van der Waals surface area contributed by atoms with Crippen molar-refractivity contribution in [1.82, 2.24) is 14.4 Å². The maximum atomic E-state index is 14.1. The van der Waals surface area contributed by atoms with E-state index in [0.29, 0.717) is 25.1 Å². The maximum Gasteiger partial charge on any atom is 0.357 e. The van der Waals surface area contributed by atoms with Gasteiger partial charge in [0.15, 0.2) is 11.5 Å². The number of Topliss-reactive ketones (excluding diaryl/α,β-unsaturated/α-hetero) is 1. The Morgan fingerprint density at radius 1 is 1.05 bits per heavy atom. The lowest BCUT2D eigenvalue weighted by Gasteiger charge is -2.38. The van der Waals surface area contributed by atoms with Crippen LogP contribution in [-0.2, 0) is 26.5 Å². The molecule has 0 spiro atoms. The van der Waals surface area contributed by atoms with Crippen molar-refractivity contribution in [2.24, 2.45) is 17.6 Å². The van der Waals surface area contributed by atoms with Crippen LogP contribution in [0.2, 0.25) is 0 Å². The van der Waals surface area contributed by atoms with Crippen molar-refractivity contribution >= 4 is 28.6 Å². The SMILES string of the molecule is CC1(C)OC(=O)c2cc3cc(CC(=O)[C@@H]4[C@H](N5CCCCC5)CCN4C(=O)C4CCC([C@H](N)CF)CC4)ccc3n21. The number of carbonyl (C=O) groups is 3. The van der Waals surface area contributed by atoms with E-state index in [0.717, 1.165) is 61.7 Å². The molecule has 222 valence electrons. The van der Waals surface area contributed by atoms with E-state index in [1.165, 1.54) is 6.42 Å². The second-order valence-corrected chi connectivity index (χ2v) is 13.1. The summed E-state index contributed by atoms with van der Waals surface area (Å²) in [6.45, 7) is 5.75. The molecule has 6 rings (SSSR count). The third-order valence-electron chi connectivity index (χ3n) is 10.1. The quantitative estimate of drug-likeness (QED) is 0.505. The van der Waals surface area contributed by atoms with Crippen LogP contribution in [0, 0.1) is 11.8 Å². The van der Waals surface area contributed by atoms with Gasteiger partial charge in [0, 0.05) is 36.4 Å². The van der Waals surface area contributed by atoms with Gasteiger partial charge >= 0.3 is 5.97 Å². The maximum absolute atomic E-state index is 14.1. The van der Waals surface area contributed by atoms with Crippen molar-refractivity contribution < 1.29 is 23.5 Å². The van der Waals surface area contributed by atoms with Crippen LogP contribution in [0.5, 0.6) is 0 Å². The minimum atomic E-state index is -0.756. The molecule has 2 N–H and O–H groups in total. The van der Waals surface area contributed by atoms with Crippen molar-refractivity contribution in [2.75, 3.05) is 26.3 Å². The number of carbonyl (C=O) groups excluding carboxylic acids is 3. The molecule has 4 heterocycles. The van der Waals surface area contributed by atoms with Gasteiger partial charge < -0.3 is 15.4 Å². The summed E-state index contributed by atoms with van der Waals surface area (Å²) in [5, 5.41) is 0.908. The number of rotatable bonds is 7. The molecule has 2 aromatic rings. The van der Waals surface area contributed by atoms with Crippen molar-refractivity contribution in [2.45, 2.75) is 95.5 Å². The smallest absolute Gasteiger partial charge is 0.357 e. The molecule has 0 unspecified atom stereocenters. The summed E-state index contributed by atoms with van der Waals surface area (Å²) in [7, 11) is 0. The number of aromatic nitrogens is 1. The number of ketones is 1. The van der Waals surface area contributed by atoms with Crippen LogP contribution in [-0.4, -0.2) is 76.5 Å². The average Bonchev–Trinajstić information content (AvgIpc) is 3.65. The molecule has 2 saturated heterocycles. The topological polar surface area (TPSA) is 97.9 Å². The van der Waals surface area contributed by atoms with E-state index in [4.69, 9.17) is 10.5 Å². The first-order chi connectivity index (χ1) is 19.7. The highest BCUT2D eigenvalue weighted by molar-refractivity contribution is 5.98. The Labute approximate surface area is 241 Å². The third-order valence-corrected chi connectivity index (χ3v) is 10.1. The molecule has 0 bridgehead atoms. The van der Waals surface area contributed by atoms with E-state index in [2.05, 4.69) is 4.90 Å². The summed E-state index contributed by atoms with van der Waals surface area (Å²) >= 11 is 0. The molecule has 0 radical (unpaired) electrons. The molecule has 3 atom stereocenters. The van der Waals surface area contributed by atoms with Crippen molar-refractivity contribution in [3.63, 3.8) is 0 Å². The molecule has 41 heavy (non-hydrogen) atoms. The molecule has 9 heteroatoms. The van der Waals surface area contributed by atoms with Gasteiger partial charge in [-0.15, -0.1) is 0 Å². The highest BCUT2D eigenvalue weighted by Gasteiger charge is 2.46. The number of likely N-dealkylation sites (tertiary alicyclic amines) is 2. The number of amides is 1. The zero-order valence-corrected chi connectivity index (χ0v) is 24.3. The summed E-state index contributed by atoms with van der Waals surface area (Å²) in [5.74, 6) is -0.189. The number of cyclic esters (lactones) is 1. The number of halogens is 1. The first-order valence-corrected chi connectivity index (χ1v) is 15.4. The molecule has 1 aliphatic carbocycles. The van der Waals surface area contributed by atoms with Crippen LogP contribution in [0.4, 0.5) is 4.39 Å². The third kappa shape index (κ3) is 5.20. The number of ether oxygens (including phenoxy) is 1. The highest BCUT2D eigenvalue weighted by atomic mass is 19.1. The van der Waals surface area contributed by atoms with Crippen molar-refractivity contribution in [3.05, 3.63) is 35.5 Å². The lowest BCUT2D eigenvalue weighted by atomic mass is 9.78. The number of piperidine rings is 1. The largest absolute Gasteiger partial charge is 0.434 e. The zero-order chi connectivity index (χ0) is 28.9. The van der Waals surface area contributed by atoms with E-state index in [1.807, 2.05) is 47.6 Å². The molecular formula is C32H43FN4O4. The Kier molecular flexibility index (Phi) is 7.70. The second-order valence-electron chi connectivity index (χ2n) is 13.1.